The van der Waals surface area contributed by atoms with Crippen molar-refractivity contribution in [1.82, 2.24) is 0 Å². The van der Waals surface area contributed by atoms with Crippen LogP contribution >= 0.6 is 23.2 Å². The molecular formula is C15H21Cl2N. The zero-order valence-electron chi connectivity index (χ0n) is 10.7. The van der Waals surface area contributed by atoms with Gasteiger partial charge in [0.2, 0.25) is 0 Å². The molecule has 1 saturated carbocycles. The molecule has 0 amide bonds. The Kier molecular flexibility index (Phi) is 4.94. The molecule has 0 aromatic heterocycles. The number of benzene rings is 1. The van der Waals surface area contributed by atoms with Gasteiger partial charge < -0.3 is 5.73 Å². The summed E-state index contributed by atoms with van der Waals surface area (Å²) in [5.41, 5.74) is 7.52. The minimum absolute atomic E-state index is 0.283. The van der Waals surface area contributed by atoms with E-state index in [9.17, 15) is 0 Å². The summed E-state index contributed by atoms with van der Waals surface area (Å²) in [7, 11) is 0. The molecule has 2 atom stereocenters. The first kappa shape index (κ1) is 14.2. The molecule has 18 heavy (non-hydrogen) atoms. The monoisotopic (exact) mass is 285 g/mol. The summed E-state index contributed by atoms with van der Waals surface area (Å²) in [6.07, 6.45) is 5.94. The van der Waals surface area contributed by atoms with Gasteiger partial charge in [0.25, 0.3) is 0 Å². The van der Waals surface area contributed by atoms with Gasteiger partial charge in [0.05, 0.1) is 0 Å². The number of hydrogen-bond acceptors (Lipinski definition) is 1. The molecule has 3 heteroatoms. The smallest absolute Gasteiger partial charge is 0.0406 e. The lowest BCUT2D eigenvalue weighted by Gasteiger charge is -2.51. The predicted octanol–water partition coefficient (Wildman–Crippen LogP) is 4.36. The fourth-order valence-electron chi connectivity index (χ4n) is 3.33. The van der Waals surface area contributed by atoms with Gasteiger partial charge in [-0.1, -0.05) is 23.7 Å². The molecule has 1 nitrogen and oxygen atoms in total. The highest BCUT2D eigenvalue weighted by molar-refractivity contribution is 6.30. The third-order valence-electron chi connectivity index (χ3n) is 4.42. The van der Waals surface area contributed by atoms with E-state index in [1.165, 1.54) is 24.8 Å². The lowest BCUT2D eigenvalue weighted by atomic mass is 9.54. The topological polar surface area (TPSA) is 26.0 Å². The standard InChI is InChI=1S/C15H21Cl2N/c16-10-1-2-12-7-8-15(12,9-11-18)13-3-5-14(17)6-4-13/h3-6,12H,1-2,7-11,18H2. The summed E-state index contributed by atoms with van der Waals surface area (Å²) in [5.74, 6) is 1.50. The van der Waals surface area contributed by atoms with E-state index in [-0.39, 0.29) is 5.41 Å². The Hall–Kier alpha value is -0.240. The van der Waals surface area contributed by atoms with Gasteiger partial charge in [-0.15, -0.1) is 11.6 Å². The van der Waals surface area contributed by atoms with Crippen molar-refractivity contribution in [2.24, 2.45) is 11.7 Å². The van der Waals surface area contributed by atoms with Gasteiger partial charge in [0.15, 0.2) is 0 Å². The third kappa shape index (κ3) is 2.68. The van der Waals surface area contributed by atoms with Crippen molar-refractivity contribution in [2.75, 3.05) is 12.4 Å². The van der Waals surface area contributed by atoms with Gasteiger partial charge in [0, 0.05) is 10.9 Å². The number of alkyl halides is 1. The minimum Gasteiger partial charge on any atom is -0.330 e. The maximum Gasteiger partial charge on any atom is 0.0406 e. The second-order valence-electron chi connectivity index (χ2n) is 5.27. The molecule has 2 unspecified atom stereocenters. The summed E-state index contributed by atoms with van der Waals surface area (Å²) >= 11 is 11.8. The molecule has 0 bridgehead atoms. The van der Waals surface area contributed by atoms with Crippen LogP contribution in [0.15, 0.2) is 24.3 Å². The lowest BCUT2D eigenvalue weighted by Crippen LogP contribution is -2.45. The van der Waals surface area contributed by atoms with Crippen LogP contribution in [0, 0.1) is 5.92 Å². The Morgan fingerprint density at radius 2 is 2.00 bits per heavy atom. The number of nitrogens with two attached hydrogens (primary N) is 1. The van der Waals surface area contributed by atoms with Crippen LogP contribution in [-0.4, -0.2) is 12.4 Å². The molecule has 100 valence electrons. The van der Waals surface area contributed by atoms with E-state index in [1.54, 1.807) is 0 Å². The van der Waals surface area contributed by atoms with E-state index in [0.29, 0.717) is 0 Å². The maximum absolute atomic E-state index is 5.98. The van der Waals surface area contributed by atoms with E-state index in [1.807, 2.05) is 12.1 Å². The van der Waals surface area contributed by atoms with Crippen LogP contribution in [0.1, 0.15) is 37.7 Å². The Labute approximate surface area is 120 Å². The molecule has 0 saturated heterocycles. The zero-order valence-corrected chi connectivity index (χ0v) is 12.2. The average Bonchev–Trinajstić information content (AvgIpc) is 2.36. The highest BCUT2D eigenvalue weighted by atomic mass is 35.5. The van der Waals surface area contributed by atoms with E-state index in [4.69, 9.17) is 28.9 Å². The molecule has 1 aromatic carbocycles. The van der Waals surface area contributed by atoms with Crippen molar-refractivity contribution >= 4 is 23.2 Å². The molecular weight excluding hydrogens is 265 g/mol. The maximum atomic E-state index is 5.98. The minimum atomic E-state index is 0.283. The first-order valence-corrected chi connectivity index (χ1v) is 7.66. The van der Waals surface area contributed by atoms with Crippen LogP contribution in [0.3, 0.4) is 0 Å². The first-order valence-electron chi connectivity index (χ1n) is 6.75. The molecule has 0 heterocycles. The average molecular weight is 286 g/mol. The normalized spacial score (nSPS) is 26.9. The number of hydrogen-bond donors (Lipinski definition) is 1. The van der Waals surface area contributed by atoms with Crippen LogP contribution in [0.2, 0.25) is 5.02 Å². The molecule has 2 rings (SSSR count). The van der Waals surface area contributed by atoms with Crippen LogP contribution in [0.25, 0.3) is 0 Å². The van der Waals surface area contributed by atoms with Crippen LogP contribution < -0.4 is 5.73 Å². The van der Waals surface area contributed by atoms with Gasteiger partial charge in [-0.05, 0) is 67.7 Å². The summed E-state index contributed by atoms with van der Waals surface area (Å²) in [6, 6.07) is 8.33. The number of rotatable bonds is 6. The van der Waals surface area contributed by atoms with E-state index < -0.39 is 0 Å². The van der Waals surface area contributed by atoms with Gasteiger partial charge in [0.1, 0.15) is 0 Å². The van der Waals surface area contributed by atoms with Crippen LogP contribution in [0.4, 0.5) is 0 Å². The molecule has 0 aliphatic heterocycles. The second kappa shape index (κ2) is 6.27. The van der Waals surface area contributed by atoms with E-state index in [2.05, 4.69) is 12.1 Å². The molecule has 1 fully saturated rings. The van der Waals surface area contributed by atoms with E-state index in [0.717, 1.165) is 36.2 Å². The Balaban J connectivity index is 2.18. The van der Waals surface area contributed by atoms with Gasteiger partial charge in [-0.3, -0.25) is 0 Å². The fraction of sp³-hybridized carbons (Fsp3) is 0.600. The number of halogens is 2. The van der Waals surface area contributed by atoms with E-state index >= 15 is 0 Å². The molecule has 1 aliphatic carbocycles. The first-order chi connectivity index (χ1) is 8.73. The summed E-state index contributed by atoms with van der Waals surface area (Å²) in [6.45, 7) is 0.750. The Morgan fingerprint density at radius 3 is 2.50 bits per heavy atom. The summed E-state index contributed by atoms with van der Waals surface area (Å²) < 4.78 is 0. The molecule has 2 N–H and O–H groups in total. The van der Waals surface area contributed by atoms with Gasteiger partial charge in [-0.25, -0.2) is 0 Å². The summed E-state index contributed by atoms with van der Waals surface area (Å²) in [4.78, 5) is 0. The largest absolute Gasteiger partial charge is 0.330 e. The zero-order chi connectivity index (χ0) is 13.0. The molecule has 1 aromatic rings. The molecule has 0 radical (unpaired) electrons. The predicted molar refractivity (Wildman–Crippen MR) is 79.5 cm³/mol. The quantitative estimate of drug-likeness (QED) is 0.773. The Morgan fingerprint density at radius 1 is 1.28 bits per heavy atom. The van der Waals surface area contributed by atoms with Crippen LogP contribution in [0.5, 0.6) is 0 Å². The second-order valence-corrected chi connectivity index (χ2v) is 6.08. The SMILES string of the molecule is NCCC1(c2ccc(Cl)cc2)CCC1CCCCl. The van der Waals surface area contributed by atoms with Crippen molar-refractivity contribution in [2.45, 2.75) is 37.5 Å². The lowest BCUT2D eigenvalue weighted by molar-refractivity contribution is 0.102. The highest BCUT2D eigenvalue weighted by Crippen LogP contribution is 2.53. The fourth-order valence-corrected chi connectivity index (χ4v) is 3.61. The molecule has 1 aliphatic rings. The van der Waals surface area contributed by atoms with Crippen molar-refractivity contribution in [3.05, 3.63) is 34.9 Å². The molecule has 0 spiro atoms. The van der Waals surface area contributed by atoms with Gasteiger partial charge >= 0.3 is 0 Å². The van der Waals surface area contributed by atoms with Crippen molar-refractivity contribution in [3.8, 4) is 0 Å². The summed E-state index contributed by atoms with van der Waals surface area (Å²) in [5, 5.41) is 0.804. The van der Waals surface area contributed by atoms with Crippen molar-refractivity contribution in [1.29, 1.82) is 0 Å². The highest BCUT2D eigenvalue weighted by Gasteiger charge is 2.46. The van der Waals surface area contributed by atoms with Crippen molar-refractivity contribution < 1.29 is 0 Å². The Bertz CT molecular complexity index is 377. The van der Waals surface area contributed by atoms with Crippen LogP contribution in [-0.2, 0) is 5.41 Å². The van der Waals surface area contributed by atoms with Gasteiger partial charge in [-0.2, -0.15) is 0 Å². The van der Waals surface area contributed by atoms with Crippen molar-refractivity contribution in [3.63, 3.8) is 0 Å². The third-order valence-corrected chi connectivity index (χ3v) is 4.94.